The first-order valence-corrected chi connectivity index (χ1v) is 30.3. The molecule has 0 radical (unpaired) electrons. The Labute approximate surface area is 421 Å². The van der Waals surface area contributed by atoms with Crippen molar-refractivity contribution < 1.29 is 37.3 Å². The van der Waals surface area contributed by atoms with E-state index in [0.29, 0.717) is 17.4 Å². The zero-order chi connectivity index (χ0) is 50.1. The molecular formula is C58H112N2O7P+. The summed E-state index contributed by atoms with van der Waals surface area (Å²) in [5, 5.41) is 3.05. The molecule has 0 fully saturated rings. The summed E-state index contributed by atoms with van der Waals surface area (Å²) in [6, 6.07) is -0.846. The van der Waals surface area contributed by atoms with E-state index in [2.05, 4.69) is 50.4 Å². The van der Waals surface area contributed by atoms with Crippen molar-refractivity contribution >= 4 is 19.7 Å². The molecule has 0 rings (SSSR count). The first-order chi connectivity index (χ1) is 32.9. The lowest BCUT2D eigenvalue weighted by Gasteiger charge is -2.27. The number of hydrogen-bond acceptors (Lipinski definition) is 6. The molecule has 0 aliphatic carbocycles. The van der Waals surface area contributed by atoms with Crippen LogP contribution in [-0.4, -0.2) is 74.3 Å². The minimum Gasteiger partial charge on any atom is -0.456 e. The van der Waals surface area contributed by atoms with E-state index in [1.165, 1.54) is 154 Å². The summed E-state index contributed by atoms with van der Waals surface area (Å²) in [6.07, 6.45) is 57.0. The number of carbonyl (C=O) groups is 2. The van der Waals surface area contributed by atoms with Gasteiger partial charge in [0.05, 0.1) is 33.8 Å². The smallest absolute Gasteiger partial charge is 0.456 e. The van der Waals surface area contributed by atoms with E-state index in [1.54, 1.807) is 0 Å². The first-order valence-electron chi connectivity index (χ1n) is 28.8. The van der Waals surface area contributed by atoms with Crippen molar-refractivity contribution in [3.63, 3.8) is 0 Å². The predicted molar refractivity (Wildman–Crippen MR) is 291 cm³/mol. The number of phosphoric ester groups is 1. The standard InChI is InChI=1S/C58H111N2O7P/c1-7-10-13-16-19-22-25-28-30-31-32-35-38-41-44-47-50-57(61)59-55(54-66-68(63,64)65-53-52-60(4,5)6)56(49-46-43-40-37-34-27-24-21-18-15-12-9-3)67-58(62)51-48-45-42-39-36-33-29-26-23-20-17-14-11-8-2/h11,14,20,23,46,49,55-56H,7-10,12-13,15-19,21-22,24-45,47-48,50-54H2,1-6H3,(H-,59,61,63,64)/p+1/b14-11+,23-20+,49-46+. The van der Waals surface area contributed by atoms with Crippen LogP contribution >= 0.6 is 7.82 Å². The van der Waals surface area contributed by atoms with Gasteiger partial charge in [0.15, 0.2) is 0 Å². The van der Waals surface area contributed by atoms with Gasteiger partial charge in [-0.05, 0) is 57.4 Å². The maximum Gasteiger partial charge on any atom is 0.472 e. The summed E-state index contributed by atoms with van der Waals surface area (Å²) in [4.78, 5) is 37.6. The van der Waals surface area contributed by atoms with Gasteiger partial charge in [0, 0.05) is 12.8 Å². The normalized spacial score (nSPS) is 14.0. The van der Waals surface area contributed by atoms with Gasteiger partial charge in [-0.1, -0.05) is 237 Å². The van der Waals surface area contributed by atoms with Crippen LogP contribution in [0.2, 0.25) is 0 Å². The number of ether oxygens (including phenoxy) is 1. The number of likely N-dealkylation sites (N-methyl/N-ethyl adjacent to an activating group) is 1. The summed E-state index contributed by atoms with van der Waals surface area (Å²) >= 11 is 0. The zero-order valence-corrected chi connectivity index (χ0v) is 46.5. The lowest BCUT2D eigenvalue weighted by atomic mass is 10.0. The van der Waals surface area contributed by atoms with Crippen molar-refractivity contribution in [2.75, 3.05) is 40.9 Å². The number of amides is 1. The quantitative estimate of drug-likeness (QED) is 0.0205. The highest BCUT2D eigenvalue weighted by molar-refractivity contribution is 7.47. The van der Waals surface area contributed by atoms with Crippen LogP contribution in [0.25, 0.3) is 0 Å². The number of nitrogens with zero attached hydrogens (tertiary/aromatic N) is 1. The summed E-state index contributed by atoms with van der Waals surface area (Å²) in [6.45, 7) is 6.92. The van der Waals surface area contributed by atoms with Gasteiger partial charge < -0.3 is 19.4 Å². The van der Waals surface area contributed by atoms with Gasteiger partial charge in [-0.25, -0.2) is 4.57 Å². The Hall–Kier alpha value is -1.77. The Morgan fingerprint density at radius 3 is 1.40 bits per heavy atom. The van der Waals surface area contributed by atoms with Crippen LogP contribution in [0.15, 0.2) is 36.5 Å². The second-order valence-corrected chi connectivity index (χ2v) is 22.2. The average molecular weight is 981 g/mol. The lowest BCUT2D eigenvalue weighted by molar-refractivity contribution is -0.870. The Balaban J connectivity index is 5.32. The van der Waals surface area contributed by atoms with Crippen molar-refractivity contribution in [3.8, 4) is 0 Å². The number of esters is 1. The summed E-state index contributed by atoms with van der Waals surface area (Å²) in [5.41, 5.74) is 0. The van der Waals surface area contributed by atoms with E-state index in [1.807, 2.05) is 33.3 Å². The minimum atomic E-state index is -4.44. The second kappa shape index (κ2) is 48.8. The molecule has 0 bridgehead atoms. The third kappa shape index (κ3) is 49.2. The van der Waals surface area contributed by atoms with E-state index >= 15 is 0 Å². The number of allylic oxidation sites excluding steroid dienone is 5. The van der Waals surface area contributed by atoms with Crippen molar-refractivity contribution in [1.29, 1.82) is 0 Å². The van der Waals surface area contributed by atoms with Gasteiger partial charge in [-0.15, -0.1) is 0 Å². The van der Waals surface area contributed by atoms with Crippen LogP contribution in [0.4, 0.5) is 0 Å². The first kappa shape index (κ1) is 66.2. The summed E-state index contributed by atoms with van der Waals surface area (Å²) in [5.74, 6) is -0.505. The molecule has 0 aromatic rings. The van der Waals surface area contributed by atoms with Gasteiger partial charge >= 0.3 is 13.8 Å². The van der Waals surface area contributed by atoms with Crippen molar-refractivity contribution in [2.45, 2.75) is 283 Å². The molecule has 0 heterocycles. The van der Waals surface area contributed by atoms with Gasteiger partial charge in [-0.2, -0.15) is 0 Å². The molecule has 1 amide bonds. The van der Waals surface area contributed by atoms with Gasteiger partial charge in [0.1, 0.15) is 19.3 Å². The Kier molecular flexibility index (Phi) is 47.6. The molecule has 0 aliphatic rings. The second-order valence-electron chi connectivity index (χ2n) is 20.8. The number of rotatable bonds is 52. The fourth-order valence-electron chi connectivity index (χ4n) is 8.39. The minimum absolute atomic E-state index is 0.0409. The maximum atomic E-state index is 13.5. The molecule has 68 heavy (non-hydrogen) atoms. The van der Waals surface area contributed by atoms with E-state index in [9.17, 15) is 19.0 Å². The Bertz CT molecular complexity index is 1270. The molecule has 10 heteroatoms. The fourth-order valence-corrected chi connectivity index (χ4v) is 9.13. The van der Waals surface area contributed by atoms with Crippen molar-refractivity contribution in [3.05, 3.63) is 36.5 Å². The molecule has 9 nitrogen and oxygen atoms in total. The molecule has 0 saturated heterocycles. The van der Waals surface area contributed by atoms with Crippen LogP contribution in [0, 0.1) is 0 Å². The van der Waals surface area contributed by atoms with Crippen LogP contribution in [0.5, 0.6) is 0 Å². The van der Waals surface area contributed by atoms with Crippen LogP contribution in [0.3, 0.4) is 0 Å². The highest BCUT2D eigenvalue weighted by Gasteiger charge is 2.30. The molecule has 3 unspecified atom stereocenters. The molecular weight excluding hydrogens is 868 g/mol. The number of nitrogens with one attached hydrogen (secondary N) is 1. The van der Waals surface area contributed by atoms with Crippen molar-refractivity contribution in [2.24, 2.45) is 0 Å². The van der Waals surface area contributed by atoms with E-state index in [4.69, 9.17) is 13.8 Å². The number of quaternary nitrogens is 1. The van der Waals surface area contributed by atoms with E-state index in [-0.39, 0.29) is 31.5 Å². The SMILES string of the molecule is CC/C=C/C/C=C/CCCCCCCCCC(=O)OC(/C=C/CCCCCCCCCCCC)C(COP(=O)(O)OCC[N+](C)(C)C)NC(=O)CCCCCCCCCCCCCCCCCC. The lowest BCUT2D eigenvalue weighted by Crippen LogP contribution is -2.47. The predicted octanol–water partition coefficient (Wildman–Crippen LogP) is 17.2. The Morgan fingerprint density at radius 1 is 0.529 bits per heavy atom. The van der Waals surface area contributed by atoms with E-state index < -0.39 is 20.0 Å². The average Bonchev–Trinajstić information content (AvgIpc) is 3.29. The Morgan fingerprint density at radius 2 is 0.941 bits per heavy atom. The molecule has 0 aliphatic heterocycles. The van der Waals surface area contributed by atoms with Crippen LogP contribution in [0.1, 0.15) is 271 Å². The number of unbranched alkanes of at least 4 members (excludes halogenated alkanes) is 32. The summed E-state index contributed by atoms with van der Waals surface area (Å²) in [7, 11) is 1.50. The van der Waals surface area contributed by atoms with Crippen LogP contribution in [-0.2, 0) is 27.9 Å². The third-order valence-electron chi connectivity index (χ3n) is 12.8. The number of carbonyl (C=O) groups excluding carboxylic acids is 2. The fraction of sp³-hybridized carbons (Fsp3) is 0.862. The van der Waals surface area contributed by atoms with Crippen molar-refractivity contribution in [1.82, 2.24) is 5.32 Å². The molecule has 0 saturated carbocycles. The highest BCUT2D eigenvalue weighted by atomic mass is 31.2. The molecule has 0 aromatic carbocycles. The van der Waals surface area contributed by atoms with E-state index in [0.717, 1.165) is 83.5 Å². The highest BCUT2D eigenvalue weighted by Crippen LogP contribution is 2.43. The molecule has 2 N–H and O–H groups in total. The van der Waals surface area contributed by atoms with Gasteiger partial charge in [0.25, 0.3) is 0 Å². The summed E-state index contributed by atoms with van der Waals surface area (Å²) < 4.78 is 30.6. The monoisotopic (exact) mass is 980 g/mol. The van der Waals surface area contributed by atoms with Gasteiger partial charge in [-0.3, -0.25) is 18.6 Å². The molecule has 0 aromatic heterocycles. The number of hydrogen-bond donors (Lipinski definition) is 2. The molecule has 0 spiro atoms. The van der Waals surface area contributed by atoms with Crippen LogP contribution < -0.4 is 5.32 Å². The maximum absolute atomic E-state index is 13.5. The molecule has 3 atom stereocenters. The number of phosphoric acid groups is 1. The largest absolute Gasteiger partial charge is 0.472 e. The molecule has 400 valence electrons. The van der Waals surface area contributed by atoms with Gasteiger partial charge in [0.2, 0.25) is 5.91 Å². The third-order valence-corrected chi connectivity index (χ3v) is 13.8. The zero-order valence-electron chi connectivity index (χ0n) is 45.6. The topological polar surface area (TPSA) is 111 Å².